The zero-order valence-corrected chi connectivity index (χ0v) is 41.0. The molecule has 0 unspecified atom stereocenters. The highest BCUT2D eigenvalue weighted by molar-refractivity contribution is 7.26. The van der Waals surface area contributed by atoms with Gasteiger partial charge in [-0.15, -0.1) is 16.8 Å². The van der Waals surface area contributed by atoms with Crippen LogP contribution in [0.15, 0.2) is 174 Å². The summed E-state index contributed by atoms with van der Waals surface area (Å²) in [5, 5.41) is 19.4. The topological polar surface area (TPSA) is 65.2 Å². The molecule has 0 saturated heterocycles. The first-order chi connectivity index (χ1) is 35.8. The van der Waals surface area contributed by atoms with Crippen LogP contribution in [0.5, 0.6) is 23.0 Å². The van der Waals surface area contributed by atoms with Crippen molar-refractivity contribution in [1.82, 2.24) is 9.13 Å². The van der Waals surface area contributed by atoms with Gasteiger partial charge in [-0.3, -0.25) is 0 Å². The van der Waals surface area contributed by atoms with Gasteiger partial charge in [0.25, 0.3) is 6.71 Å². The average molecular weight is 945 g/mol. The second-order valence-corrected chi connectivity index (χ2v) is 21.0. The summed E-state index contributed by atoms with van der Waals surface area (Å²) in [6.45, 7) is -0.180. The van der Waals surface area contributed by atoms with E-state index in [-0.39, 0.29) is 6.71 Å². The van der Waals surface area contributed by atoms with E-state index >= 15 is 0 Å². The summed E-state index contributed by atoms with van der Waals surface area (Å²) in [7, 11) is 8.85. The van der Waals surface area contributed by atoms with Gasteiger partial charge in [-0.1, -0.05) is 101 Å². The summed E-state index contributed by atoms with van der Waals surface area (Å²) < 4.78 is 28.7. The van der Waals surface area contributed by atoms with Crippen LogP contribution < -0.4 is 47.7 Å². The molecule has 0 fully saturated rings. The Balaban J connectivity index is 0.933. The molecule has 0 bridgehead atoms. The van der Waals surface area contributed by atoms with Crippen LogP contribution in [0.1, 0.15) is 5.56 Å². The minimum atomic E-state index is -0.180. The number of hydrogen-bond acceptors (Lipinski definition) is 5. The predicted molar refractivity (Wildman–Crippen MR) is 316 cm³/mol. The van der Waals surface area contributed by atoms with E-state index in [0.29, 0.717) is 5.56 Å². The highest BCUT2D eigenvalue weighted by Gasteiger charge is 2.41. The van der Waals surface area contributed by atoms with Crippen molar-refractivity contribution in [1.29, 1.82) is 5.26 Å². The summed E-state index contributed by atoms with van der Waals surface area (Å²) in [4.78, 5) is 0. The van der Waals surface area contributed by atoms with Crippen LogP contribution >= 0.6 is 11.3 Å². The van der Waals surface area contributed by atoms with Crippen molar-refractivity contribution < 1.29 is 13.9 Å². The number of nitrogens with zero attached hydrogens (tertiary/aromatic N) is 3. The quantitative estimate of drug-likeness (QED) is 0.173. The first-order valence-corrected chi connectivity index (χ1v) is 25.6. The average Bonchev–Trinajstić information content (AvgIpc) is 4.21. The molecule has 14 aromatic rings. The molecule has 2 aliphatic heterocycles. The minimum Gasteiger partial charge on any atom is -0.458 e. The first kappa shape index (κ1) is 40.9. The molecular formula is C61H36B5N3O3S. The summed E-state index contributed by atoms with van der Waals surface area (Å²) in [5.41, 5.74) is 18.9. The van der Waals surface area contributed by atoms with Crippen molar-refractivity contribution in [2.75, 3.05) is 0 Å². The maximum Gasteiger partial charge on any atom is 0.260 e. The fourth-order valence-electron chi connectivity index (χ4n) is 12.7. The van der Waals surface area contributed by atoms with Crippen LogP contribution in [0, 0.1) is 11.3 Å². The van der Waals surface area contributed by atoms with Crippen molar-refractivity contribution in [2.45, 2.75) is 0 Å². The number of furan rings is 1. The predicted octanol–water partition coefficient (Wildman–Crippen LogP) is 7.45. The number of para-hydroxylation sites is 3. The number of ether oxygens (including phenoxy) is 2. The van der Waals surface area contributed by atoms with Crippen LogP contribution in [-0.2, 0) is 0 Å². The van der Waals surface area contributed by atoms with Gasteiger partial charge in [0.15, 0.2) is 0 Å². The third kappa shape index (κ3) is 5.47. The maximum absolute atomic E-state index is 10.1. The number of aromatic nitrogens is 2. The molecule has 73 heavy (non-hydrogen) atoms. The van der Waals surface area contributed by atoms with Gasteiger partial charge in [-0.2, -0.15) is 5.26 Å². The third-order valence-electron chi connectivity index (χ3n) is 16.4. The van der Waals surface area contributed by atoms with Gasteiger partial charge in [-0.25, -0.2) is 0 Å². The summed E-state index contributed by atoms with van der Waals surface area (Å²) in [5.74, 6) is 3.09. The highest BCUT2D eigenvalue weighted by atomic mass is 32.1. The van der Waals surface area contributed by atoms with Crippen molar-refractivity contribution >= 4 is 173 Å². The monoisotopic (exact) mass is 945 g/mol. The summed E-state index contributed by atoms with van der Waals surface area (Å²) in [6.07, 6.45) is 0. The van der Waals surface area contributed by atoms with E-state index in [4.69, 9.17) is 13.9 Å². The number of benzene rings is 10. The Hall–Kier alpha value is -8.77. The lowest BCUT2D eigenvalue weighted by Gasteiger charge is -2.34. The lowest BCUT2D eigenvalue weighted by atomic mass is 9.35. The van der Waals surface area contributed by atoms with Gasteiger partial charge in [0.2, 0.25) is 0 Å². The van der Waals surface area contributed by atoms with E-state index in [2.05, 4.69) is 204 Å². The SMILES string of the molecule is Bc1c(B)c(B)c2c(c1B)c1cc(C#N)ccc1n2-c1ccc2c(c1)Oc1cc(-c3cccc4c3oc3ccc5sc6ccccc6c5c34)cc3c1B2c1ccc(-n2c4ccccc4c4ccccc42)cc1O3. The van der Waals surface area contributed by atoms with E-state index in [1.165, 1.54) is 58.2 Å². The summed E-state index contributed by atoms with van der Waals surface area (Å²) in [6, 6.07) is 63.0. The fourth-order valence-corrected chi connectivity index (χ4v) is 13.8. The molecule has 0 spiro atoms. The van der Waals surface area contributed by atoms with Gasteiger partial charge in [-0.05, 0) is 89.3 Å². The van der Waals surface area contributed by atoms with Crippen LogP contribution in [0.25, 0.3) is 108 Å². The molecule has 0 saturated carbocycles. The molecule has 10 aromatic carbocycles. The molecule has 0 N–H and O–H groups in total. The van der Waals surface area contributed by atoms with Crippen LogP contribution in [0.2, 0.25) is 0 Å². The smallest absolute Gasteiger partial charge is 0.260 e. The Morgan fingerprint density at radius 3 is 1.82 bits per heavy atom. The molecule has 2 aliphatic rings. The Morgan fingerprint density at radius 2 is 1.11 bits per heavy atom. The standard InChI is InChI=1S/C61H36B5N3O3S/c62-55-54-39-24-30(29-67)16-21-44(39)69(60(54)58(65)57(64)56(55)63)33-18-20-41-47(28-33)71-49-26-31(34-11-7-12-38-52-45(72-61(34)38)22-23-51-53(52)37-10-3-6-15-50(37)73-51)25-48-59(49)66(41)40-19-17-32(27-46(40)70-48)68-42-13-4-1-8-35(42)36-9-2-5-14-43(36)68/h1-28H,62-65H2. The molecule has 6 heterocycles. The van der Waals surface area contributed by atoms with Gasteiger partial charge in [0.1, 0.15) is 65.5 Å². The summed E-state index contributed by atoms with van der Waals surface area (Å²) >= 11 is 1.82. The number of fused-ring (bicyclic) bond motifs is 17. The molecule has 0 radical (unpaired) electrons. The Morgan fingerprint density at radius 1 is 0.479 bits per heavy atom. The molecule has 0 atom stereocenters. The van der Waals surface area contributed by atoms with Crippen LogP contribution in [0.4, 0.5) is 0 Å². The molecule has 0 aliphatic carbocycles. The van der Waals surface area contributed by atoms with Gasteiger partial charge in [0.05, 0.1) is 28.2 Å². The molecule has 12 heteroatoms. The lowest BCUT2D eigenvalue weighted by molar-refractivity contribution is 0.465. The zero-order chi connectivity index (χ0) is 48.5. The number of thiophene rings is 1. The first-order valence-electron chi connectivity index (χ1n) is 24.8. The van der Waals surface area contributed by atoms with Crippen LogP contribution in [-0.4, -0.2) is 47.2 Å². The van der Waals surface area contributed by atoms with Gasteiger partial charge in [0, 0.05) is 92.5 Å². The van der Waals surface area contributed by atoms with Gasteiger partial charge >= 0.3 is 0 Å². The van der Waals surface area contributed by atoms with Crippen molar-refractivity contribution in [3.05, 3.63) is 175 Å². The van der Waals surface area contributed by atoms with E-state index in [9.17, 15) is 5.26 Å². The minimum absolute atomic E-state index is 0.180. The normalized spacial score (nSPS) is 12.8. The van der Waals surface area contributed by atoms with Crippen LogP contribution in [0.3, 0.4) is 0 Å². The second kappa shape index (κ2) is 14.7. The molecule has 6 nitrogen and oxygen atoms in total. The molecule has 334 valence electrons. The fraction of sp³-hybridized carbons (Fsp3) is 0. The number of hydrogen-bond donors (Lipinski definition) is 0. The van der Waals surface area contributed by atoms with E-state index in [0.717, 1.165) is 111 Å². The lowest BCUT2D eigenvalue weighted by Crippen LogP contribution is -2.57. The second-order valence-electron chi connectivity index (χ2n) is 19.9. The maximum atomic E-state index is 10.1. The molecular weight excluding hydrogens is 909 g/mol. The van der Waals surface area contributed by atoms with Crippen molar-refractivity contribution in [3.63, 3.8) is 0 Å². The highest BCUT2D eigenvalue weighted by Crippen LogP contribution is 2.47. The van der Waals surface area contributed by atoms with E-state index < -0.39 is 0 Å². The van der Waals surface area contributed by atoms with Gasteiger partial charge < -0.3 is 23.0 Å². The van der Waals surface area contributed by atoms with Crippen molar-refractivity contribution in [3.8, 4) is 51.6 Å². The Kier molecular flexibility index (Phi) is 8.22. The third-order valence-corrected chi connectivity index (χ3v) is 17.5. The Labute approximate surface area is 426 Å². The largest absolute Gasteiger partial charge is 0.458 e. The van der Waals surface area contributed by atoms with E-state index in [1.807, 2.05) is 23.5 Å². The zero-order valence-electron chi connectivity index (χ0n) is 40.2. The molecule has 4 aromatic heterocycles. The molecule has 0 amide bonds. The van der Waals surface area contributed by atoms with E-state index in [1.54, 1.807) is 0 Å². The Bertz CT molecular complexity index is 4850. The molecule has 16 rings (SSSR count). The van der Waals surface area contributed by atoms with Crippen molar-refractivity contribution in [2.24, 2.45) is 0 Å². The number of nitriles is 1. The number of rotatable bonds is 3.